The minimum atomic E-state index is -0.836. The molecule has 0 saturated heterocycles. The maximum Gasteiger partial charge on any atom is 0.309 e. The third-order valence-electron chi connectivity index (χ3n) is 9.63. The van der Waals surface area contributed by atoms with Gasteiger partial charge >= 0.3 is 17.9 Å². The van der Waals surface area contributed by atoms with Crippen LogP contribution in [0, 0.1) is 0 Å². The molecule has 342 valence electrons. The molecule has 0 aliphatic rings. The lowest BCUT2D eigenvalue weighted by molar-refractivity contribution is -0.166. The number of carbonyl (C=O) groups is 3. The molecule has 0 spiro atoms. The Balaban J connectivity index is 4.51. The lowest BCUT2D eigenvalue weighted by atomic mass is 10.1. The number of allylic oxidation sites excluding steroid dienone is 19. The van der Waals surface area contributed by atoms with Crippen LogP contribution in [-0.4, -0.2) is 37.2 Å². The van der Waals surface area contributed by atoms with Crippen molar-refractivity contribution in [3.8, 4) is 0 Å². The number of rotatable bonds is 41. The van der Waals surface area contributed by atoms with E-state index in [0.29, 0.717) is 12.8 Å². The summed E-state index contributed by atoms with van der Waals surface area (Å²) in [7, 11) is 0. The van der Waals surface area contributed by atoms with Crippen molar-refractivity contribution in [1.82, 2.24) is 0 Å². The van der Waals surface area contributed by atoms with Crippen LogP contribution >= 0.6 is 0 Å². The second kappa shape index (κ2) is 48.5. The van der Waals surface area contributed by atoms with Gasteiger partial charge in [0.15, 0.2) is 6.10 Å². The molecule has 0 amide bonds. The van der Waals surface area contributed by atoms with Crippen LogP contribution in [0.25, 0.3) is 0 Å². The van der Waals surface area contributed by atoms with Crippen LogP contribution < -0.4 is 0 Å². The summed E-state index contributed by atoms with van der Waals surface area (Å²) in [5.41, 5.74) is 0. The summed E-state index contributed by atoms with van der Waals surface area (Å²) >= 11 is 0. The van der Waals surface area contributed by atoms with Crippen LogP contribution in [0.2, 0.25) is 0 Å². The van der Waals surface area contributed by atoms with Crippen molar-refractivity contribution >= 4 is 17.9 Å². The standard InChI is InChI=1S/C55H86O6/c1-4-7-10-13-16-19-21-23-25-27-29-31-33-36-39-42-45-48-54(57)60-51-52(50-59-53(56)47-44-41-38-35-18-15-12-9-6-3)61-55(58)49-46-43-40-37-34-32-30-28-26-24-22-20-17-14-11-8-5-2/h7,9-10,12-13,16,18-19,21,23-27,29,31,33,35,41,44,52H,4-6,8,11,14-15,17,20,22,28,30,32,34,36-40,42-43,45-51H2,1-3H3/b10-7-,12-9-,16-13-,21-19-,25-23-,26-24-,29-27+,33-31-,35-18-,44-41-. The molecule has 0 aromatic carbocycles. The molecule has 61 heavy (non-hydrogen) atoms. The highest BCUT2D eigenvalue weighted by molar-refractivity contribution is 5.72. The average molecular weight is 843 g/mol. The minimum absolute atomic E-state index is 0.121. The van der Waals surface area contributed by atoms with Crippen molar-refractivity contribution in [2.45, 2.75) is 194 Å². The Hall–Kier alpha value is -4.19. The Bertz CT molecular complexity index is 1340. The molecule has 0 aromatic rings. The van der Waals surface area contributed by atoms with Crippen LogP contribution in [0.15, 0.2) is 122 Å². The van der Waals surface area contributed by atoms with Crippen molar-refractivity contribution in [2.24, 2.45) is 0 Å². The Kier molecular flexibility index (Phi) is 45.1. The molecule has 1 unspecified atom stereocenters. The van der Waals surface area contributed by atoms with Gasteiger partial charge in [-0.25, -0.2) is 0 Å². The van der Waals surface area contributed by atoms with E-state index in [9.17, 15) is 14.4 Å². The highest BCUT2D eigenvalue weighted by atomic mass is 16.6. The molecule has 0 aliphatic carbocycles. The van der Waals surface area contributed by atoms with Gasteiger partial charge in [-0.2, -0.15) is 0 Å². The van der Waals surface area contributed by atoms with E-state index in [4.69, 9.17) is 14.2 Å². The summed E-state index contributed by atoms with van der Waals surface area (Å²) < 4.78 is 16.6. The number of esters is 3. The molecule has 0 heterocycles. The van der Waals surface area contributed by atoms with Crippen molar-refractivity contribution in [1.29, 1.82) is 0 Å². The Morgan fingerprint density at radius 1 is 0.377 bits per heavy atom. The van der Waals surface area contributed by atoms with E-state index in [1.54, 1.807) is 6.08 Å². The Morgan fingerprint density at radius 3 is 1.34 bits per heavy atom. The zero-order chi connectivity index (χ0) is 44.4. The quantitative estimate of drug-likeness (QED) is 0.0201. The van der Waals surface area contributed by atoms with Gasteiger partial charge in [0.05, 0.1) is 6.42 Å². The fourth-order valence-electron chi connectivity index (χ4n) is 6.06. The van der Waals surface area contributed by atoms with Crippen LogP contribution in [0.3, 0.4) is 0 Å². The van der Waals surface area contributed by atoms with Crippen molar-refractivity contribution in [2.75, 3.05) is 13.2 Å². The second-order valence-corrected chi connectivity index (χ2v) is 15.4. The smallest absolute Gasteiger partial charge is 0.309 e. The molecular formula is C55H86O6. The second-order valence-electron chi connectivity index (χ2n) is 15.4. The normalized spacial score (nSPS) is 13.2. The van der Waals surface area contributed by atoms with E-state index < -0.39 is 12.1 Å². The van der Waals surface area contributed by atoms with Crippen LogP contribution in [0.4, 0.5) is 0 Å². The number of hydrogen-bond donors (Lipinski definition) is 0. The number of ether oxygens (including phenoxy) is 3. The minimum Gasteiger partial charge on any atom is -0.462 e. The van der Waals surface area contributed by atoms with E-state index in [0.717, 1.165) is 64.2 Å². The van der Waals surface area contributed by atoms with E-state index in [1.807, 2.05) is 66.8 Å². The third-order valence-corrected chi connectivity index (χ3v) is 9.63. The fraction of sp³-hybridized carbons (Fsp3) is 0.582. The molecule has 0 rings (SSSR count). The van der Waals surface area contributed by atoms with E-state index in [2.05, 4.69) is 69.4 Å². The van der Waals surface area contributed by atoms with Gasteiger partial charge in [0.1, 0.15) is 13.2 Å². The van der Waals surface area contributed by atoms with E-state index in [-0.39, 0.29) is 38.0 Å². The maximum absolute atomic E-state index is 12.8. The number of carbonyl (C=O) groups excluding carboxylic acids is 3. The van der Waals surface area contributed by atoms with Crippen LogP contribution in [-0.2, 0) is 28.6 Å². The average Bonchev–Trinajstić information content (AvgIpc) is 3.26. The number of hydrogen-bond acceptors (Lipinski definition) is 6. The summed E-state index contributed by atoms with van der Waals surface area (Å²) in [6.07, 6.45) is 66.4. The van der Waals surface area contributed by atoms with Gasteiger partial charge in [-0.05, 0) is 77.0 Å². The van der Waals surface area contributed by atoms with Gasteiger partial charge in [-0.1, -0.05) is 213 Å². The molecule has 1 atom stereocenters. The molecule has 0 N–H and O–H groups in total. The van der Waals surface area contributed by atoms with Gasteiger partial charge in [0.2, 0.25) is 0 Å². The van der Waals surface area contributed by atoms with Crippen LogP contribution in [0.5, 0.6) is 0 Å². The molecule has 0 aromatic heterocycles. The first-order valence-corrected chi connectivity index (χ1v) is 24.1. The van der Waals surface area contributed by atoms with Crippen molar-refractivity contribution in [3.63, 3.8) is 0 Å². The topological polar surface area (TPSA) is 78.9 Å². The maximum atomic E-state index is 12.8. The fourth-order valence-corrected chi connectivity index (χ4v) is 6.06. The third kappa shape index (κ3) is 46.7. The van der Waals surface area contributed by atoms with Gasteiger partial charge in [-0.3, -0.25) is 14.4 Å². The lowest BCUT2D eigenvalue weighted by Gasteiger charge is -2.18. The zero-order valence-electron chi connectivity index (χ0n) is 38.9. The monoisotopic (exact) mass is 843 g/mol. The van der Waals surface area contributed by atoms with Gasteiger partial charge in [0, 0.05) is 12.8 Å². The highest BCUT2D eigenvalue weighted by Crippen LogP contribution is 2.13. The molecule has 6 heteroatoms. The first kappa shape index (κ1) is 56.8. The van der Waals surface area contributed by atoms with Crippen LogP contribution in [0.1, 0.15) is 188 Å². The molecule has 6 nitrogen and oxygen atoms in total. The molecule has 0 fully saturated rings. The summed E-state index contributed by atoms with van der Waals surface area (Å²) in [5, 5.41) is 0. The zero-order valence-corrected chi connectivity index (χ0v) is 38.9. The summed E-state index contributed by atoms with van der Waals surface area (Å²) in [5.74, 6) is -1.12. The summed E-state index contributed by atoms with van der Waals surface area (Å²) in [4.78, 5) is 37.7. The predicted molar refractivity (Wildman–Crippen MR) is 260 cm³/mol. The molecular weight excluding hydrogens is 757 g/mol. The number of unbranched alkanes of at least 4 members (excludes halogenated alkanes) is 16. The van der Waals surface area contributed by atoms with Crippen molar-refractivity contribution < 1.29 is 28.6 Å². The van der Waals surface area contributed by atoms with Gasteiger partial charge in [0.25, 0.3) is 0 Å². The lowest BCUT2D eigenvalue weighted by Crippen LogP contribution is -2.30. The molecule has 0 aliphatic heterocycles. The van der Waals surface area contributed by atoms with Crippen molar-refractivity contribution in [3.05, 3.63) is 122 Å². The largest absolute Gasteiger partial charge is 0.462 e. The highest BCUT2D eigenvalue weighted by Gasteiger charge is 2.19. The SMILES string of the molecule is CC\C=C/C=C\C=C/C=C\C=C\C=C/CCCCCC(=O)OCC(COC(=O)C/C=C\C/C=C\C/C=C\CC)OC(=O)CCCCCCCCC/C=C\CCCCCCCC. The molecule has 0 saturated carbocycles. The van der Waals surface area contributed by atoms with E-state index in [1.165, 1.54) is 77.0 Å². The Morgan fingerprint density at radius 2 is 0.787 bits per heavy atom. The first-order valence-electron chi connectivity index (χ1n) is 24.1. The van der Waals surface area contributed by atoms with E-state index >= 15 is 0 Å². The molecule has 0 bridgehead atoms. The summed E-state index contributed by atoms with van der Waals surface area (Å²) in [6.45, 7) is 6.20. The van der Waals surface area contributed by atoms with Gasteiger partial charge in [-0.15, -0.1) is 0 Å². The molecule has 0 radical (unpaired) electrons. The predicted octanol–water partition coefficient (Wildman–Crippen LogP) is 15.7. The van der Waals surface area contributed by atoms with Gasteiger partial charge < -0.3 is 14.2 Å². The Labute approximate surface area is 373 Å². The first-order chi connectivity index (χ1) is 30.0. The summed E-state index contributed by atoms with van der Waals surface area (Å²) in [6, 6.07) is 0.